The molecule has 2 aromatic heterocycles. The summed E-state index contributed by atoms with van der Waals surface area (Å²) in [6.45, 7) is 0. The van der Waals surface area contributed by atoms with Crippen molar-refractivity contribution in [3.8, 4) is 0 Å². The molecule has 2 heterocycles. The van der Waals surface area contributed by atoms with E-state index in [-0.39, 0.29) is 9.63 Å². The minimum atomic E-state index is -3.74. The molecule has 1 aliphatic rings. The molecule has 0 spiro atoms. The summed E-state index contributed by atoms with van der Waals surface area (Å²) >= 11 is 4.50. The van der Waals surface area contributed by atoms with Crippen molar-refractivity contribution in [1.29, 1.82) is 0 Å². The summed E-state index contributed by atoms with van der Waals surface area (Å²) in [5.41, 5.74) is 1.01. The third-order valence-electron chi connectivity index (χ3n) is 3.06. The lowest BCUT2D eigenvalue weighted by Crippen LogP contribution is -2.17. The fraction of sp³-hybridized carbons (Fsp3) is 0.500. The van der Waals surface area contributed by atoms with Gasteiger partial charge in [-0.2, -0.15) is 8.42 Å². The number of nitrogens with zero attached hydrogens (tertiary/aromatic N) is 4. The van der Waals surface area contributed by atoms with Crippen LogP contribution in [0.15, 0.2) is 9.63 Å². The topological polar surface area (TPSA) is 89.8 Å². The largest absolute Gasteiger partial charge is 0.283 e. The van der Waals surface area contributed by atoms with E-state index in [0.29, 0.717) is 5.13 Å². The number of rotatable bonds is 3. The van der Waals surface area contributed by atoms with E-state index >= 15 is 0 Å². The summed E-state index contributed by atoms with van der Waals surface area (Å²) in [7, 11) is -2.21. The van der Waals surface area contributed by atoms with Gasteiger partial charge in [-0.15, -0.1) is 16.4 Å². The molecule has 0 atom stereocenters. The maximum atomic E-state index is 12.3. The third kappa shape index (κ3) is 2.47. The minimum Gasteiger partial charge on any atom is -0.253 e. The number of thiazole rings is 1. The number of anilines is 1. The Kier molecular flexibility index (Phi) is 3.55. The fourth-order valence-electron chi connectivity index (χ4n) is 2.17. The predicted octanol–water partition coefficient (Wildman–Crippen LogP) is 1.71. The van der Waals surface area contributed by atoms with E-state index in [0.717, 1.165) is 31.4 Å². The second-order valence-corrected chi connectivity index (χ2v) is 7.94. The van der Waals surface area contributed by atoms with Crippen LogP contribution in [0.1, 0.15) is 23.4 Å². The van der Waals surface area contributed by atoms with Crippen LogP contribution in [-0.4, -0.2) is 28.4 Å². The van der Waals surface area contributed by atoms with Gasteiger partial charge in [0.25, 0.3) is 10.0 Å². The number of aromatic nitrogens is 4. The van der Waals surface area contributed by atoms with Crippen LogP contribution in [0.3, 0.4) is 0 Å². The van der Waals surface area contributed by atoms with Crippen molar-refractivity contribution in [2.24, 2.45) is 7.05 Å². The molecule has 0 saturated carbocycles. The predicted molar refractivity (Wildman–Crippen MR) is 78.3 cm³/mol. The minimum absolute atomic E-state index is 0.00864. The maximum absolute atomic E-state index is 12.3. The average molecular weight is 378 g/mol. The van der Waals surface area contributed by atoms with Gasteiger partial charge < -0.3 is 0 Å². The van der Waals surface area contributed by atoms with Crippen molar-refractivity contribution in [2.45, 2.75) is 30.7 Å². The highest BCUT2D eigenvalue weighted by molar-refractivity contribution is 9.10. The van der Waals surface area contributed by atoms with Crippen LogP contribution in [0.5, 0.6) is 0 Å². The number of hydrogen-bond acceptors (Lipinski definition) is 6. The highest BCUT2D eigenvalue weighted by atomic mass is 79.9. The second kappa shape index (κ2) is 5.08. The summed E-state index contributed by atoms with van der Waals surface area (Å²) in [6, 6.07) is 0. The Hall–Kier alpha value is -1.00. The molecule has 0 aliphatic heterocycles. The Morgan fingerprint density at radius 2 is 2.10 bits per heavy atom. The summed E-state index contributed by atoms with van der Waals surface area (Å²) in [5.74, 6) is 0. The number of hydrogen-bond donors (Lipinski definition) is 1. The second-order valence-electron chi connectivity index (χ2n) is 4.51. The van der Waals surface area contributed by atoms with Gasteiger partial charge in [0.1, 0.15) is 0 Å². The first-order valence-electron chi connectivity index (χ1n) is 6.04. The van der Waals surface area contributed by atoms with Crippen molar-refractivity contribution in [3.05, 3.63) is 15.2 Å². The first-order valence-corrected chi connectivity index (χ1v) is 9.13. The van der Waals surface area contributed by atoms with Crippen LogP contribution in [0.25, 0.3) is 0 Å². The lowest BCUT2D eigenvalue weighted by molar-refractivity contribution is 0.578. The van der Waals surface area contributed by atoms with E-state index in [1.165, 1.54) is 27.9 Å². The van der Waals surface area contributed by atoms with E-state index in [9.17, 15) is 8.42 Å². The van der Waals surface area contributed by atoms with Gasteiger partial charge in [-0.3, -0.25) is 4.72 Å². The van der Waals surface area contributed by atoms with Crippen LogP contribution in [0.4, 0.5) is 5.13 Å². The maximum Gasteiger partial charge on any atom is 0.283 e. The van der Waals surface area contributed by atoms with E-state index in [1.54, 1.807) is 0 Å². The molecule has 3 rings (SSSR count). The monoisotopic (exact) mass is 377 g/mol. The lowest BCUT2D eigenvalue weighted by Gasteiger charge is -2.06. The van der Waals surface area contributed by atoms with Gasteiger partial charge in [-0.25, -0.2) is 9.67 Å². The van der Waals surface area contributed by atoms with Gasteiger partial charge in [0, 0.05) is 11.9 Å². The summed E-state index contributed by atoms with van der Waals surface area (Å²) < 4.78 is 28.6. The SMILES string of the molecule is Cn1nnc(Br)c1S(=O)(=O)Nc1nc2c(s1)CCCC2. The molecular formula is C10H12BrN5O2S2. The van der Waals surface area contributed by atoms with Crippen molar-refractivity contribution in [1.82, 2.24) is 20.0 Å². The van der Waals surface area contributed by atoms with Crippen LogP contribution in [0, 0.1) is 0 Å². The zero-order valence-corrected chi connectivity index (χ0v) is 13.8. The zero-order chi connectivity index (χ0) is 14.3. The molecule has 10 heteroatoms. The van der Waals surface area contributed by atoms with Crippen molar-refractivity contribution >= 4 is 42.4 Å². The molecule has 20 heavy (non-hydrogen) atoms. The van der Waals surface area contributed by atoms with Gasteiger partial charge in [-0.1, -0.05) is 5.21 Å². The Morgan fingerprint density at radius 3 is 2.75 bits per heavy atom. The van der Waals surface area contributed by atoms with Gasteiger partial charge in [0.05, 0.1) is 5.69 Å². The average Bonchev–Trinajstić information content (AvgIpc) is 2.91. The quantitative estimate of drug-likeness (QED) is 0.878. The Balaban J connectivity index is 1.92. The Bertz CT molecular complexity index is 709. The van der Waals surface area contributed by atoms with Crippen LogP contribution in [0.2, 0.25) is 0 Å². The normalized spacial score (nSPS) is 15.1. The van der Waals surface area contributed by atoms with E-state index in [2.05, 4.69) is 35.9 Å². The van der Waals surface area contributed by atoms with E-state index < -0.39 is 10.0 Å². The lowest BCUT2D eigenvalue weighted by atomic mass is 10.0. The van der Waals surface area contributed by atoms with Crippen molar-refractivity contribution in [2.75, 3.05) is 4.72 Å². The van der Waals surface area contributed by atoms with Gasteiger partial charge in [0.15, 0.2) is 9.73 Å². The molecule has 1 N–H and O–H groups in total. The number of nitrogens with one attached hydrogen (secondary N) is 1. The van der Waals surface area contributed by atoms with Crippen LogP contribution in [-0.2, 0) is 29.9 Å². The molecule has 108 valence electrons. The summed E-state index contributed by atoms with van der Waals surface area (Å²) in [6.07, 6.45) is 4.15. The molecule has 0 radical (unpaired) electrons. The number of fused-ring (bicyclic) bond motifs is 1. The van der Waals surface area contributed by atoms with Crippen LogP contribution < -0.4 is 4.72 Å². The molecule has 0 aromatic carbocycles. The Morgan fingerprint density at radius 1 is 1.35 bits per heavy atom. The van der Waals surface area contributed by atoms with Gasteiger partial charge in [-0.05, 0) is 41.6 Å². The molecule has 1 aliphatic carbocycles. The zero-order valence-electron chi connectivity index (χ0n) is 10.6. The number of halogens is 1. The highest BCUT2D eigenvalue weighted by Gasteiger charge is 2.26. The molecule has 0 unspecified atom stereocenters. The Labute approximate surface area is 128 Å². The van der Waals surface area contributed by atoms with Crippen molar-refractivity contribution in [3.63, 3.8) is 0 Å². The van der Waals surface area contributed by atoms with E-state index in [4.69, 9.17) is 0 Å². The van der Waals surface area contributed by atoms with E-state index in [1.807, 2.05) is 0 Å². The smallest absolute Gasteiger partial charge is 0.253 e. The third-order valence-corrected chi connectivity index (χ3v) is 6.49. The van der Waals surface area contributed by atoms with Crippen molar-refractivity contribution < 1.29 is 8.42 Å². The molecule has 0 saturated heterocycles. The molecule has 2 aromatic rings. The summed E-state index contributed by atoms with van der Waals surface area (Å²) in [4.78, 5) is 5.55. The first-order chi connectivity index (χ1) is 9.47. The molecule has 7 nitrogen and oxygen atoms in total. The van der Waals surface area contributed by atoms with Crippen LogP contribution >= 0.6 is 27.3 Å². The number of aryl methyl sites for hydroxylation is 3. The number of sulfonamides is 1. The molecule has 0 fully saturated rings. The molecule has 0 amide bonds. The summed E-state index contributed by atoms with van der Waals surface area (Å²) in [5, 5.41) is 7.75. The highest BCUT2D eigenvalue weighted by Crippen LogP contribution is 2.31. The standard InChI is InChI=1S/C10H12BrN5O2S2/c1-16-9(8(11)13-15-16)20(17,18)14-10-12-6-4-2-3-5-7(6)19-10/h2-5H2,1H3,(H,12,14). The fourth-order valence-corrected chi connectivity index (χ4v) is 5.55. The van der Waals surface area contributed by atoms with Gasteiger partial charge in [0.2, 0.25) is 5.03 Å². The molecule has 0 bridgehead atoms. The first kappa shape index (κ1) is 14.0. The van der Waals surface area contributed by atoms with Gasteiger partial charge >= 0.3 is 0 Å². The molecular weight excluding hydrogens is 366 g/mol.